The van der Waals surface area contributed by atoms with Gasteiger partial charge in [-0.1, -0.05) is 24.3 Å². The Labute approximate surface area is 198 Å². The third-order valence-corrected chi connectivity index (χ3v) is 5.35. The predicted octanol–water partition coefficient (Wildman–Crippen LogP) is 4.00. The second-order valence-electron chi connectivity index (χ2n) is 6.88. The van der Waals surface area contributed by atoms with Crippen molar-refractivity contribution in [1.82, 2.24) is 25.6 Å². The minimum Gasteiger partial charge on any atom is -0.489 e. The molecule has 0 radical (unpaired) electrons. The van der Waals surface area contributed by atoms with Gasteiger partial charge < -0.3 is 4.74 Å². The number of hydrogen-bond acceptors (Lipinski definition) is 6. The lowest BCUT2D eigenvalue weighted by molar-refractivity contribution is 0.0954. The van der Waals surface area contributed by atoms with Crippen molar-refractivity contribution in [1.29, 1.82) is 0 Å². The second-order valence-corrected chi connectivity index (χ2v) is 8.13. The first-order valence-corrected chi connectivity index (χ1v) is 10.8. The molecular weight excluding hydrogens is 519 g/mol. The van der Waals surface area contributed by atoms with Crippen LogP contribution in [0.4, 0.5) is 0 Å². The molecule has 3 aromatic carbocycles. The van der Waals surface area contributed by atoms with Crippen molar-refractivity contribution in [3.8, 4) is 11.4 Å². The normalized spacial score (nSPS) is 11.2. The topological polar surface area (TPSA) is 94.3 Å². The van der Waals surface area contributed by atoms with Crippen LogP contribution >= 0.6 is 22.6 Å². The molecule has 0 aliphatic carbocycles. The number of aromatic nitrogens is 4. The van der Waals surface area contributed by atoms with E-state index in [-0.39, 0.29) is 5.91 Å². The second kappa shape index (κ2) is 10.1. The maximum Gasteiger partial charge on any atom is 0.271 e. The van der Waals surface area contributed by atoms with Crippen LogP contribution < -0.4 is 10.2 Å². The maximum absolute atomic E-state index is 12.6. The van der Waals surface area contributed by atoms with Crippen molar-refractivity contribution >= 4 is 34.2 Å². The lowest BCUT2D eigenvalue weighted by Crippen LogP contribution is -2.19. The van der Waals surface area contributed by atoms with E-state index in [9.17, 15) is 4.79 Å². The van der Waals surface area contributed by atoms with Gasteiger partial charge in [0, 0.05) is 9.13 Å². The number of ether oxygens (including phenoxy) is 1. The Balaban J connectivity index is 1.37. The van der Waals surface area contributed by atoms with Crippen molar-refractivity contribution in [2.45, 2.75) is 13.5 Å². The zero-order valence-corrected chi connectivity index (χ0v) is 19.3. The van der Waals surface area contributed by atoms with Gasteiger partial charge in [-0.3, -0.25) is 4.79 Å². The first-order valence-electron chi connectivity index (χ1n) is 9.74. The van der Waals surface area contributed by atoms with Crippen molar-refractivity contribution in [2.24, 2.45) is 5.10 Å². The Bertz CT molecular complexity index is 1220. The van der Waals surface area contributed by atoms with Crippen molar-refractivity contribution < 1.29 is 9.53 Å². The van der Waals surface area contributed by atoms with Crippen molar-refractivity contribution in [3.63, 3.8) is 0 Å². The lowest BCUT2D eigenvalue weighted by atomic mass is 10.1. The zero-order valence-electron chi connectivity index (χ0n) is 17.1. The number of hydrazone groups is 1. The molecule has 4 aromatic rings. The number of tetrazole rings is 1. The number of halogens is 1. The highest BCUT2D eigenvalue weighted by Crippen LogP contribution is 2.16. The van der Waals surface area contributed by atoms with Crippen LogP contribution in [0.1, 0.15) is 28.4 Å². The van der Waals surface area contributed by atoms with Gasteiger partial charge in [-0.15, -0.1) is 5.10 Å². The number of rotatable bonds is 7. The van der Waals surface area contributed by atoms with E-state index >= 15 is 0 Å². The van der Waals surface area contributed by atoms with E-state index < -0.39 is 0 Å². The van der Waals surface area contributed by atoms with E-state index in [1.54, 1.807) is 16.8 Å². The minimum absolute atomic E-state index is 0.286. The number of benzene rings is 3. The summed E-state index contributed by atoms with van der Waals surface area (Å²) >= 11 is 2.25. The first kappa shape index (κ1) is 21.6. The fraction of sp³-hybridized carbons (Fsp3) is 0.0870. The zero-order chi connectivity index (χ0) is 22.3. The monoisotopic (exact) mass is 538 g/mol. The molecule has 32 heavy (non-hydrogen) atoms. The van der Waals surface area contributed by atoms with Gasteiger partial charge in [0.05, 0.1) is 11.4 Å². The molecule has 8 nitrogen and oxygen atoms in total. The van der Waals surface area contributed by atoms with Crippen molar-refractivity contribution in [3.05, 3.63) is 99.4 Å². The number of nitrogens with zero attached hydrogens (tertiary/aromatic N) is 5. The van der Waals surface area contributed by atoms with E-state index in [0.29, 0.717) is 17.9 Å². The van der Waals surface area contributed by atoms with E-state index in [4.69, 9.17) is 4.74 Å². The van der Waals surface area contributed by atoms with Crippen LogP contribution in [0.2, 0.25) is 0 Å². The summed E-state index contributed by atoms with van der Waals surface area (Å²) in [4.78, 5) is 12.6. The fourth-order valence-corrected chi connectivity index (χ4v) is 3.26. The number of carbonyl (C=O) groups excluding carboxylic acids is 1. The Morgan fingerprint density at radius 1 is 1.06 bits per heavy atom. The molecule has 0 spiro atoms. The molecule has 0 unspecified atom stereocenters. The summed E-state index contributed by atoms with van der Waals surface area (Å²) in [5.74, 6) is 0.498. The molecule has 0 aliphatic rings. The fourth-order valence-electron chi connectivity index (χ4n) is 2.90. The van der Waals surface area contributed by atoms with E-state index in [1.807, 2.05) is 67.6 Å². The highest BCUT2D eigenvalue weighted by Gasteiger charge is 2.07. The molecule has 0 aliphatic heterocycles. The highest BCUT2D eigenvalue weighted by molar-refractivity contribution is 14.1. The average molecular weight is 538 g/mol. The van der Waals surface area contributed by atoms with Gasteiger partial charge in [0.1, 0.15) is 18.7 Å². The standard InChI is InChI=1S/C23H19IN6O2/c1-16(18-5-9-21(10-6-18)30-15-25-28-29-30)26-27-23(31)19-4-2-3-17(13-19)14-32-22-11-7-20(24)8-12-22/h2-13,15H,14H2,1H3,(H,27,31)/b26-16-. The molecule has 0 saturated heterocycles. The summed E-state index contributed by atoms with van der Waals surface area (Å²) in [6.45, 7) is 2.20. The summed E-state index contributed by atoms with van der Waals surface area (Å²) in [6, 6.07) is 22.7. The number of carbonyl (C=O) groups is 1. The minimum atomic E-state index is -0.286. The van der Waals surface area contributed by atoms with E-state index in [2.05, 4.69) is 48.6 Å². The summed E-state index contributed by atoms with van der Waals surface area (Å²) < 4.78 is 8.51. The predicted molar refractivity (Wildman–Crippen MR) is 129 cm³/mol. The van der Waals surface area contributed by atoms with Gasteiger partial charge in [-0.05, 0) is 99.6 Å². The number of hydrogen-bond donors (Lipinski definition) is 1. The Kier molecular flexibility index (Phi) is 6.85. The molecule has 0 saturated carbocycles. The van der Waals surface area contributed by atoms with Gasteiger partial charge in [-0.2, -0.15) is 5.10 Å². The van der Waals surface area contributed by atoms with Crippen LogP contribution in [-0.4, -0.2) is 31.8 Å². The summed E-state index contributed by atoms with van der Waals surface area (Å²) in [5, 5.41) is 15.3. The van der Waals surface area contributed by atoms with E-state index in [1.165, 1.54) is 6.33 Å². The Hall–Kier alpha value is -3.60. The van der Waals surface area contributed by atoms with Gasteiger partial charge in [0.15, 0.2) is 0 Å². The SMILES string of the molecule is C/C(=N/NC(=O)c1cccc(COc2ccc(I)cc2)c1)c1ccc(-n2cnnn2)cc1. The van der Waals surface area contributed by atoms with Crippen LogP contribution in [0.15, 0.2) is 84.2 Å². The van der Waals surface area contributed by atoms with Gasteiger partial charge >= 0.3 is 0 Å². The number of amides is 1. The molecule has 0 fully saturated rings. The average Bonchev–Trinajstić information content (AvgIpc) is 3.37. The molecule has 0 atom stereocenters. The third-order valence-electron chi connectivity index (χ3n) is 4.63. The van der Waals surface area contributed by atoms with Crippen LogP contribution in [0.5, 0.6) is 5.75 Å². The Morgan fingerprint density at radius 2 is 1.84 bits per heavy atom. The molecule has 1 amide bonds. The maximum atomic E-state index is 12.6. The molecule has 1 N–H and O–H groups in total. The molecule has 1 aromatic heterocycles. The van der Waals surface area contributed by atoms with Gasteiger partial charge in [-0.25, -0.2) is 10.1 Å². The van der Waals surface area contributed by atoms with Crippen LogP contribution in [-0.2, 0) is 6.61 Å². The number of nitrogens with one attached hydrogen (secondary N) is 1. The van der Waals surface area contributed by atoms with Crippen LogP contribution in [0.25, 0.3) is 5.69 Å². The highest BCUT2D eigenvalue weighted by atomic mass is 127. The molecule has 9 heteroatoms. The van der Waals surface area contributed by atoms with Crippen molar-refractivity contribution in [2.75, 3.05) is 0 Å². The van der Waals surface area contributed by atoms with E-state index in [0.717, 1.165) is 26.1 Å². The Morgan fingerprint density at radius 3 is 2.56 bits per heavy atom. The van der Waals surface area contributed by atoms with Crippen LogP contribution in [0.3, 0.4) is 0 Å². The summed E-state index contributed by atoms with van der Waals surface area (Å²) in [7, 11) is 0. The largest absolute Gasteiger partial charge is 0.489 e. The van der Waals surface area contributed by atoms with Gasteiger partial charge in [0.2, 0.25) is 0 Å². The first-order chi connectivity index (χ1) is 15.6. The molecule has 160 valence electrons. The quantitative estimate of drug-likeness (QED) is 0.218. The molecule has 1 heterocycles. The molecular formula is C23H19IN6O2. The third kappa shape index (κ3) is 5.55. The summed E-state index contributed by atoms with van der Waals surface area (Å²) in [5.41, 5.74) is 6.42. The molecule has 0 bridgehead atoms. The van der Waals surface area contributed by atoms with Gasteiger partial charge in [0.25, 0.3) is 5.91 Å². The lowest BCUT2D eigenvalue weighted by Gasteiger charge is -2.08. The smallest absolute Gasteiger partial charge is 0.271 e. The summed E-state index contributed by atoms with van der Waals surface area (Å²) in [6.07, 6.45) is 1.52. The molecule has 4 rings (SSSR count). The van der Waals surface area contributed by atoms with Crippen LogP contribution in [0, 0.1) is 3.57 Å².